The summed E-state index contributed by atoms with van der Waals surface area (Å²) in [5.41, 5.74) is 0.361. The second kappa shape index (κ2) is 7.09. The number of carboxylic acid groups (broad SMARTS) is 1. The summed E-state index contributed by atoms with van der Waals surface area (Å²) in [5, 5.41) is 12.1. The van der Waals surface area contributed by atoms with Crippen molar-refractivity contribution < 1.29 is 14.7 Å². The second-order valence-electron chi connectivity index (χ2n) is 4.30. The molecule has 0 aliphatic rings. The van der Waals surface area contributed by atoms with Gasteiger partial charge in [0.2, 0.25) is 0 Å². The van der Waals surface area contributed by atoms with E-state index in [2.05, 4.69) is 27.9 Å². The van der Waals surface area contributed by atoms with E-state index in [1.807, 2.05) is 6.92 Å². The molecule has 0 spiro atoms. The van der Waals surface area contributed by atoms with E-state index in [1.165, 1.54) is 6.07 Å². The Balaban J connectivity index is 2.87. The van der Waals surface area contributed by atoms with Crippen molar-refractivity contribution in [3.05, 3.63) is 32.4 Å². The predicted molar refractivity (Wildman–Crippen MR) is 82.5 cm³/mol. The number of hydrogen-bond donors (Lipinski definition) is 2. The molecule has 0 unspecified atom stereocenters. The Labute approximate surface area is 130 Å². The average molecular weight is 396 g/mol. The van der Waals surface area contributed by atoms with Crippen molar-refractivity contribution in [3.8, 4) is 0 Å². The third-order valence-electron chi connectivity index (χ3n) is 2.95. The van der Waals surface area contributed by atoms with E-state index in [9.17, 15) is 9.59 Å². The van der Waals surface area contributed by atoms with E-state index in [0.717, 1.165) is 3.57 Å². The number of rotatable bonds is 5. The number of carbonyl (C=O) groups is 2. The van der Waals surface area contributed by atoms with Crippen LogP contribution in [0.15, 0.2) is 18.2 Å². The Morgan fingerprint density at radius 1 is 1.47 bits per heavy atom. The van der Waals surface area contributed by atoms with Gasteiger partial charge in [-0.05, 0) is 46.7 Å². The standard InChI is InChI=1S/C13H15ClINO3/c1-3-7(2)11(13(18)19)16-12(17)8-4-5-10(15)9(14)6-8/h4-7,11H,3H2,1-2H3,(H,16,17)(H,18,19)/t7-,11-/m0/s1. The monoisotopic (exact) mass is 395 g/mol. The van der Waals surface area contributed by atoms with Gasteiger partial charge in [0.05, 0.1) is 5.02 Å². The summed E-state index contributed by atoms with van der Waals surface area (Å²) >= 11 is 8.00. The Morgan fingerprint density at radius 3 is 2.58 bits per heavy atom. The van der Waals surface area contributed by atoms with Crippen LogP contribution < -0.4 is 5.32 Å². The maximum Gasteiger partial charge on any atom is 0.326 e. The van der Waals surface area contributed by atoms with E-state index in [1.54, 1.807) is 19.1 Å². The Morgan fingerprint density at radius 2 is 2.11 bits per heavy atom. The zero-order valence-corrected chi connectivity index (χ0v) is 13.5. The van der Waals surface area contributed by atoms with Crippen LogP contribution in [-0.2, 0) is 4.79 Å². The molecule has 1 aromatic carbocycles. The maximum absolute atomic E-state index is 12.0. The normalized spacial score (nSPS) is 13.7. The highest BCUT2D eigenvalue weighted by molar-refractivity contribution is 14.1. The molecule has 0 saturated heterocycles. The van der Waals surface area contributed by atoms with Gasteiger partial charge in [0.15, 0.2) is 0 Å². The minimum atomic E-state index is -1.03. The number of hydrogen-bond acceptors (Lipinski definition) is 2. The van der Waals surface area contributed by atoms with Crippen LogP contribution in [0.3, 0.4) is 0 Å². The molecule has 19 heavy (non-hydrogen) atoms. The van der Waals surface area contributed by atoms with Crippen LogP contribution >= 0.6 is 34.2 Å². The number of aliphatic carboxylic acids is 1. The van der Waals surface area contributed by atoms with Crippen LogP contribution in [0.2, 0.25) is 5.02 Å². The molecule has 1 aromatic rings. The van der Waals surface area contributed by atoms with Crippen molar-refractivity contribution in [3.63, 3.8) is 0 Å². The van der Waals surface area contributed by atoms with Crippen LogP contribution in [0.25, 0.3) is 0 Å². The molecule has 0 bridgehead atoms. The smallest absolute Gasteiger partial charge is 0.326 e. The van der Waals surface area contributed by atoms with E-state index < -0.39 is 17.9 Å². The first-order chi connectivity index (χ1) is 8.86. The fourth-order valence-electron chi connectivity index (χ4n) is 1.55. The second-order valence-corrected chi connectivity index (χ2v) is 5.87. The van der Waals surface area contributed by atoms with Gasteiger partial charge in [-0.25, -0.2) is 4.79 Å². The topological polar surface area (TPSA) is 66.4 Å². The van der Waals surface area contributed by atoms with Crippen LogP contribution in [0, 0.1) is 9.49 Å². The Hall–Kier alpha value is -0.820. The largest absolute Gasteiger partial charge is 0.480 e. The number of halogens is 2. The van der Waals surface area contributed by atoms with Crippen LogP contribution in [0.4, 0.5) is 0 Å². The summed E-state index contributed by atoms with van der Waals surface area (Å²) in [6.45, 7) is 3.68. The number of carbonyl (C=O) groups excluding carboxylic acids is 1. The highest BCUT2D eigenvalue weighted by atomic mass is 127. The molecule has 0 aliphatic heterocycles. The summed E-state index contributed by atoms with van der Waals surface area (Å²) in [6.07, 6.45) is 0.671. The third kappa shape index (κ3) is 4.35. The van der Waals surface area contributed by atoms with Gasteiger partial charge >= 0.3 is 5.97 Å². The first kappa shape index (κ1) is 16.2. The summed E-state index contributed by atoms with van der Waals surface area (Å²) in [6, 6.07) is 3.99. The quantitative estimate of drug-likeness (QED) is 0.753. The van der Waals surface area contributed by atoms with Gasteiger partial charge in [-0.15, -0.1) is 0 Å². The number of amides is 1. The molecule has 1 amide bonds. The Bertz CT molecular complexity index is 493. The molecule has 0 heterocycles. The zero-order chi connectivity index (χ0) is 14.6. The molecule has 0 aromatic heterocycles. The van der Waals surface area contributed by atoms with Crippen molar-refractivity contribution in [1.82, 2.24) is 5.32 Å². The summed E-state index contributed by atoms with van der Waals surface area (Å²) in [5.74, 6) is -1.59. The summed E-state index contributed by atoms with van der Waals surface area (Å²) in [7, 11) is 0. The molecule has 0 fully saturated rings. The molecule has 6 heteroatoms. The zero-order valence-electron chi connectivity index (χ0n) is 10.6. The minimum absolute atomic E-state index is 0.138. The lowest BCUT2D eigenvalue weighted by atomic mass is 9.99. The van der Waals surface area contributed by atoms with Gasteiger partial charge in [0, 0.05) is 9.13 Å². The van der Waals surface area contributed by atoms with Gasteiger partial charge < -0.3 is 10.4 Å². The van der Waals surface area contributed by atoms with Gasteiger partial charge in [-0.1, -0.05) is 31.9 Å². The number of carboxylic acids is 1. The lowest BCUT2D eigenvalue weighted by Gasteiger charge is -2.20. The first-order valence-electron chi connectivity index (χ1n) is 5.85. The van der Waals surface area contributed by atoms with Gasteiger partial charge in [-0.3, -0.25) is 4.79 Å². The molecule has 2 atom stereocenters. The van der Waals surface area contributed by atoms with Crippen molar-refractivity contribution in [2.24, 2.45) is 5.92 Å². The van der Waals surface area contributed by atoms with Crippen LogP contribution in [-0.4, -0.2) is 23.0 Å². The predicted octanol–water partition coefficient (Wildman–Crippen LogP) is 3.17. The van der Waals surface area contributed by atoms with Crippen molar-refractivity contribution in [1.29, 1.82) is 0 Å². The molecule has 1 rings (SSSR count). The molecule has 2 N–H and O–H groups in total. The van der Waals surface area contributed by atoms with E-state index >= 15 is 0 Å². The van der Waals surface area contributed by atoms with E-state index in [0.29, 0.717) is 17.0 Å². The number of nitrogens with one attached hydrogen (secondary N) is 1. The maximum atomic E-state index is 12.0. The fraction of sp³-hybridized carbons (Fsp3) is 0.385. The van der Waals surface area contributed by atoms with Gasteiger partial charge in [0.25, 0.3) is 5.91 Å². The number of benzene rings is 1. The highest BCUT2D eigenvalue weighted by Crippen LogP contribution is 2.20. The van der Waals surface area contributed by atoms with Crippen molar-refractivity contribution in [2.45, 2.75) is 26.3 Å². The summed E-state index contributed by atoms with van der Waals surface area (Å²) in [4.78, 5) is 23.2. The molecule has 4 nitrogen and oxygen atoms in total. The summed E-state index contributed by atoms with van der Waals surface area (Å²) < 4.78 is 0.840. The molecular formula is C13H15ClINO3. The van der Waals surface area contributed by atoms with Crippen LogP contribution in [0.5, 0.6) is 0 Å². The lowest BCUT2D eigenvalue weighted by molar-refractivity contribution is -0.140. The third-order valence-corrected chi connectivity index (χ3v) is 4.52. The van der Waals surface area contributed by atoms with Gasteiger partial charge in [-0.2, -0.15) is 0 Å². The highest BCUT2D eigenvalue weighted by Gasteiger charge is 2.25. The molecular weight excluding hydrogens is 381 g/mol. The SMILES string of the molecule is CC[C@H](C)[C@H](NC(=O)c1ccc(I)c(Cl)c1)C(=O)O. The fourth-order valence-corrected chi connectivity index (χ4v) is 2.06. The first-order valence-corrected chi connectivity index (χ1v) is 7.31. The van der Waals surface area contributed by atoms with Gasteiger partial charge in [0.1, 0.15) is 6.04 Å². The minimum Gasteiger partial charge on any atom is -0.480 e. The molecule has 0 saturated carbocycles. The van der Waals surface area contributed by atoms with E-state index in [4.69, 9.17) is 16.7 Å². The lowest BCUT2D eigenvalue weighted by Crippen LogP contribution is -2.45. The van der Waals surface area contributed by atoms with Crippen molar-refractivity contribution in [2.75, 3.05) is 0 Å². The van der Waals surface area contributed by atoms with E-state index in [-0.39, 0.29) is 5.92 Å². The van der Waals surface area contributed by atoms with Crippen LogP contribution in [0.1, 0.15) is 30.6 Å². The Kier molecular flexibility index (Phi) is 6.06. The molecule has 0 radical (unpaired) electrons. The molecule has 104 valence electrons. The molecule has 0 aliphatic carbocycles. The van der Waals surface area contributed by atoms with Crippen molar-refractivity contribution >= 4 is 46.1 Å². The average Bonchev–Trinajstić information content (AvgIpc) is 2.37.